The van der Waals surface area contributed by atoms with Crippen LogP contribution >= 0.6 is 11.3 Å². The van der Waals surface area contributed by atoms with Gasteiger partial charge in [-0.1, -0.05) is 11.3 Å². The third kappa shape index (κ3) is 2.43. The highest BCUT2D eigenvalue weighted by atomic mass is 32.2. The highest BCUT2D eigenvalue weighted by Gasteiger charge is 2.38. The largest absolute Gasteiger partial charge is 0.464 e. The number of rotatable bonds is 4. The lowest BCUT2D eigenvalue weighted by Gasteiger charge is -2.37. The van der Waals surface area contributed by atoms with Crippen LogP contribution in [0.25, 0.3) is 11.1 Å². The number of ether oxygens (including phenoxy) is 1. The Hall–Kier alpha value is -2.17. The normalized spacial score (nSPS) is 16.4. The van der Waals surface area contributed by atoms with Crippen LogP contribution < -0.4 is 10.5 Å². The van der Waals surface area contributed by atoms with Crippen molar-refractivity contribution in [2.45, 2.75) is 11.0 Å². The zero-order chi connectivity index (χ0) is 16.9. The Morgan fingerprint density at radius 3 is 2.88 bits per heavy atom. The molecular weight excluding hydrogens is 354 g/mol. The smallest absolute Gasteiger partial charge is 0.419 e. The minimum atomic E-state index is -3.63. The highest BCUT2D eigenvalue weighted by molar-refractivity contribution is 7.89. The molecule has 1 fully saturated rings. The first kappa shape index (κ1) is 15.4. The first-order valence-electron chi connectivity index (χ1n) is 7.11. The maximum atomic E-state index is 12.7. The summed E-state index contributed by atoms with van der Waals surface area (Å²) in [6.45, 7) is 0.536. The van der Waals surface area contributed by atoms with E-state index in [4.69, 9.17) is 9.15 Å². The predicted octanol–water partition coefficient (Wildman–Crippen LogP) is 1.04. The lowest BCUT2D eigenvalue weighted by Crippen LogP contribution is -2.55. The van der Waals surface area contributed by atoms with Crippen LogP contribution in [0.5, 0.6) is 5.19 Å². The van der Waals surface area contributed by atoms with Crippen molar-refractivity contribution in [2.24, 2.45) is 7.05 Å². The number of benzene rings is 1. The van der Waals surface area contributed by atoms with Gasteiger partial charge in [-0.15, -0.1) is 0 Å². The summed E-state index contributed by atoms with van der Waals surface area (Å²) in [5.41, 5.74) is 0.798. The number of aromatic nitrogens is 2. The van der Waals surface area contributed by atoms with E-state index in [2.05, 4.69) is 4.98 Å². The van der Waals surface area contributed by atoms with Crippen LogP contribution in [0, 0.1) is 0 Å². The molecule has 24 heavy (non-hydrogen) atoms. The summed E-state index contributed by atoms with van der Waals surface area (Å²) >= 11 is 1.37. The Kier molecular flexibility index (Phi) is 3.48. The molecule has 8 nitrogen and oxygen atoms in total. The molecule has 1 aromatic carbocycles. The molecule has 0 amide bonds. The number of hydrogen-bond donors (Lipinski definition) is 0. The Balaban J connectivity index is 1.55. The van der Waals surface area contributed by atoms with Crippen LogP contribution in [0.1, 0.15) is 0 Å². The lowest BCUT2D eigenvalue weighted by atomic mass is 10.2. The quantitative estimate of drug-likeness (QED) is 0.684. The standard InChI is InChI=1S/C14H13N3O5S2/c1-16-11-6-10(2-3-12(11)22-14(16)18)24(19,20)17-7-9(8-17)21-13-15-4-5-23-13/h2-6,9H,7-8H2,1H3. The molecule has 1 saturated heterocycles. The molecule has 1 aliphatic heterocycles. The van der Waals surface area contributed by atoms with Crippen LogP contribution in [0.4, 0.5) is 0 Å². The molecule has 0 saturated carbocycles. The van der Waals surface area contributed by atoms with Crippen molar-refractivity contribution in [1.29, 1.82) is 0 Å². The number of sulfonamides is 1. The monoisotopic (exact) mass is 367 g/mol. The molecule has 10 heteroatoms. The summed E-state index contributed by atoms with van der Waals surface area (Å²) in [6, 6.07) is 4.38. The average molecular weight is 367 g/mol. The second-order valence-corrected chi connectivity index (χ2v) is 8.21. The third-order valence-corrected chi connectivity index (χ3v) is 6.38. The van der Waals surface area contributed by atoms with Crippen molar-refractivity contribution in [3.05, 3.63) is 40.3 Å². The predicted molar refractivity (Wildman–Crippen MR) is 86.7 cm³/mol. The molecule has 1 aliphatic rings. The molecule has 0 atom stereocenters. The molecule has 0 bridgehead atoms. The molecule has 3 aromatic rings. The van der Waals surface area contributed by atoms with Gasteiger partial charge in [0.25, 0.3) is 5.19 Å². The number of oxazole rings is 1. The summed E-state index contributed by atoms with van der Waals surface area (Å²) in [4.78, 5) is 15.6. The van der Waals surface area contributed by atoms with E-state index >= 15 is 0 Å². The van der Waals surface area contributed by atoms with Crippen molar-refractivity contribution in [2.75, 3.05) is 13.1 Å². The van der Waals surface area contributed by atoms with Crippen LogP contribution in [-0.4, -0.2) is 41.5 Å². The molecule has 0 unspecified atom stereocenters. The second-order valence-electron chi connectivity index (χ2n) is 5.42. The van der Waals surface area contributed by atoms with Gasteiger partial charge in [0.2, 0.25) is 10.0 Å². The minimum Gasteiger partial charge on any atom is -0.464 e. The summed E-state index contributed by atoms with van der Waals surface area (Å²) in [7, 11) is -2.10. The van der Waals surface area contributed by atoms with Gasteiger partial charge in [-0.05, 0) is 18.2 Å². The van der Waals surface area contributed by atoms with Crippen LogP contribution in [0.3, 0.4) is 0 Å². The van der Waals surface area contributed by atoms with Crippen molar-refractivity contribution in [3.63, 3.8) is 0 Å². The summed E-state index contributed by atoms with van der Waals surface area (Å²) in [5, 5.41) is 2.33. The van der Waals surface area contributed by atoms with Crippen LogP contribution in [0.15, 0.2) is 43.9 Å². The van der Waals surface area contributed by atoms with Crippen LogP contribution in [-0.2, 0) is 17.1 Å². The number of aryl methyl sites for hydroxylation is 1. The fourth-order valence-corrected chi connectivity index (χ4v) is 4.57. The number of hydrogen-bond acceptors (Lipinski definition) is 7. The fourth-order valence-electron chi connectivity index (χ4n) is 2.50. The van der Waals surface area contributed by atoms with Gasteiger partial charge < -0.3 is 9.15 Å². The molecule has 126 valence electrons. The van der Waals surface area contributed by atoms with Gasteiger partial charge >= 0.3 is 5.76 Å². The topological polar surface area (TPSA) is 94.6 Å². The second kappa shape index (κ2) is 5.43. The molecular formula is C14H13N3O5S2. The van der Waals surface area contributed by atoms with Crippen molar-refractivity contribution in [1.82, 2.24) is 13.9 Å². The Morgan fingerprint density at radius 1 is 1.38 bits per heavy atom. The molecule has 0 aliphatic carbocycles. The van der Waals surface area contributed by atoms with Gasteiger partial charge in [0.15, 0.2) is 5.58 Å². The highest BCUT2D eigenvalue weighted by Crippen LogP contribution is 2.27. The van der Waals surface area contributed by atoms with Crippen molar-refractivity contribution >= 4 is 32.5 Å². The molecule has 0 radical (unpaired) electrons. The zero-order valence-electron chi connectivity index (χ0n) is 12.6. The summed E-state index contributed by atoms with van der Waals surface area (Å²) < 4.78 is 38.5. The minimum absolute atomic E-state index is 0.124. The van der Waals surface area contributed by atoms with E-state index in [1.54, 1.807) is 11.6 Å². The van der Waals surface area contributed by atoms with Crippen LogP contribution in [0.2, 0.25) is 0 Å². The Labute approximate surface area is 141 Å². The molecule has 0 N–H and O–H groups in total. The van der Waals surface area contributed by atoms with Gasteiger partial charge in [0.1, 0.15) is 6.10 Å². The number of thiazole rings is 1. The Bertz CT molecular complexity index is 1050. The maximum absolute atomic E-state index is 12.7. The van der Waals surface area contributed by atoms with E-state index in [9.17, 15) is 13.2 Å². The van der Waals surface area contributed by atoms with E-state index in [1.165, 1.54) is 45.5 Å². The van der Waals surface area contributed by atoms with Crippen molar-refractivity contribution < 1.29 is 17.6 Å². The lowest BCUT2D eigenvalue weighted by molar-refractivity contribution is 0.0759. The summed E-state index contributed by atoms with van der Waals surface area (Å²) in [6.07, 6.45) is 1.44. The van der Waals surface area contributed by atoms with E-state index in [1.807, 2.05) is 0 Å². The third-order valence-electron chi connectivity index (χ3n) is 3.89. The van der Waals surface area contributed by atoms with Crippen molar-refractivity contribution in [3.8, 4) is 5.19 Å². The average Bonchev–Trinajstić information content (AvgIpc) is 3.11. The molecule has 3 heterocycles. The van der Waals surface area contributed by atoms with Gasteiger partial charge in [-0.2, -0.15) is 4.31 Å². The van der Waals surface area contributed by atoms with E-state index in [0.29, 0.717) is 16.3 Å². The van der Waals surface area contributed by atoms with E-state index < -0.39 is 15.8 Å². The number of nitrogens with zero attached hydrogens (tertiary/aromatic N) is 3. The molecule has 0 spiro atoms. The van der Waals surface area contributed by atoms with Gasteiger partial charge in [0.05, 0.1) is 23.5 Å². The van der Waals surface area contributed by atoms with E-state index in [-0.39, 0.29) is 24.1 Å². The van der Waals surface area contributed by atoms with Gasteiger partial charge in [0, 0.05) is 18.6 Å². The van der Waals surface area contributed by atoms with Gasteiger partial charge in [-0.25, -0.2) is 18.2 Å². The fraction of sp³-hybridized carbons (Fsp3) is 0.286. The van der Waals surface area contributed by atoms with Gasteiger partial charge in [-0.3, -0.25) is 4.57 Å². The molecule has 4 rings (SSSR count). The first-order chi connectivity index (χ1) is 11.4. The first-order valence-corrected chi connectivity index (χ1v) is 9.43. The SMILES string of the molecule is Cn1c(=O)oc2ccc(S(=O)(=O)N3CC(Oc4nccs4)C3)cc21. The zero-order valence-corrected chi connectivity index (χ0v) is 14.2. The molecule has 2 aromatic heterocycles. The Morgan fingerprint density at radius 2 is 2.17 bits per heavy atom. The summed E-state index contributed by atoms with van der Waals surface area (Å²) in [5.74, 6) is -0.527. The number of fused-ring (bicyclic) bond motifs is 1. The maximum Gasteiger partial charge on any atom is 0.419 e. The van der Waals surface area contributed by atoms with E-state index in [0.717, 1.165) is 0 Å².